The van der Waals surface area contributed by atoms with Crippen LogP contribution in [-0.4, -0.2) is 43.5 Å². The fraction of sp³-hybridized carbons (Fsp3) is 0.357. The molecule has 0 aliphatic carbocycles. The summed E-state index contributed by atoms with van der Waals surface area (Å²) in [4.78, 5) is 2.12. The first-order valence-electron chi connectivity index (χ1n) is 6.96. The van der Waals surface area contributed by atoms with E-state index in [0.717, 1.165) is 31.1 Å². The van der Waals surface area contributed by atoms with Crippen LogP contribution in [0.1, 0.15) is 17.8 Å². The molecule has 112 valence electrons. The maximum absolute atomic E-state index is 13.2. The summed E-state index contributed by atoms with van der Waals surface area (Å²) in [5.74, 6) is 0.0510. The number of halogens is 1. The van der Waals surface area contributed by atoms with Crippen molar-refractivity contribution in [3.63, 3.8) is 0 Å². The Morgan fingerprint density at radius 2 is 2.14 bits per heavy atom. The van der Waals surface area contributed by atoms with Crippen molar-refractivity contribution in [2.45, 2.75) is 18.9 Å². The fourth-order valence-electron chi connectivity index (χ4n) is 2.37. The molecule has 1 aliphatic rings. The van der Waals surface area contributed by atoms with E-state index in [4.69, 9.17) is 18.0 Å². The smallest absolute Gasteiger partial charge is 0.208 e. The van der Waals surface area contributed by atoms with Gasteiger partial charge in [-0.05, 0) is 6.07 Å². The molecule has 22 heavy (non-hydrogen) atoms. The average molecular weight is 316 g/mol. The molecule has 1 saturated heterocycles. The van der Waals surface area contributed by atoms with Gasteiger partial charge in [0, 0.05) is 32.0 Å². The molecule has 1 aromatic carbocycles. The van der Waals surface area contributed by atoms with Crippen LogP contribution in [0.4, 0.5) is 9.52 Å². The van der Waals surface area contributed by atoms with Crippen molar-refractivity contribution < 1.29 is 9.13 Å². The molecule has 1 fully saturated rings. The highest BCUT2D eigenvalue weighted by Crippen LogP contribution is 2.25. The highest BCUT2D eigenvalue weighted by molar-refractivity contribution is 7.16. The summed E-state index contributed by atoms with van der Waals surface area (Å²) in [5, 5.41) is 16.6. The first-order chi connectivity index (χ1) is 10.7. The summed E-state index contributed by atoms with van der Waals surface area (Å²) in [5.41, 5.74) is 0.448. The topological polar surface area (TPSA) is 62.1 Å². The highest BCUT2D eigenvalue weighted by Gasteiger charge is 2.23. The Morgan fingerprint density at radius 3 is 2.82 bits per heavy atom. The normalized spacial score (nSPS) is 15.8. The third-order valence-electron chi connectivity index (χ3n) is 3.54. The van der Waals surface area contributed by atoms with E-state index in [1.165, 1.54) is 35.8 Å². The zero-order chi connectivity index (χ0) is 15.5. The van der Waals surface area contributed by atoms with Crippen LogP contribution in [0, 0.1) is 11.2 Å². The number of ether oxygens (including phenoxy) is 1. The van der Waals surface area contributed by atoms with Crippen molar-refractivity contribution in [3.8, 4) is 5.75 Å². The summed E-state index contributed by atoms with van der Waals surface area (Å²) in [6, 6.07) is 4.16. The quantitative estimate of drug-likeness (QED) is 0.686. The van der Waals surface area contributed by atoms with Crippen molar-refractivity contribution in [3.05, 3.63) is 29.0 Å². The number of aromatic nitrogens is 2. The van der Waals surface area contributed by atoms with Gasteiger partial charge in [0.05, 0.1) is 6.21 Å². The zero-order valence-corrected chi connectivity index (χ0v) is 12.6. The van der Waals surface area contributed by atoms with Gasteiger partial charge in [-0.2, -0.15) is 0 Å². The van der Waals surface area contributed by atoms with Crippen LogP contribution in [0.15, 0.2) is 18.2 Å². The number of nitrogens with one attached hydrogen (secondary N) is 1. The van der Waals surface area contributed by atoms with Gasteiger partial charge in [-0.15, -0.1) is 10.2 Å². The lowest BCUT2D eigenvalue weighted by atomic mass is 9.95. The SMILES string of the molecule is [B]c1ccc(F)cc1OC1CCN(c2nnc(C=N)s2)CC1. The Bertz CT molecular complexity index is 673. The van der Waals surface area contributed by atoms with Crippen LogP contribution in [0.25, 0.3) is 0 Å². The molecule has 0 amide bonds. The van der Waals surface area contributed by atoms with Gasteiger partial charge >= 0.3 is 0 Å². The minimum Gasteiger partial charge on any atom is -0.491 e. The summed E-state index contributed by atoms with van der Waals surface area (Å²) < 4.78 is 19.1. The van der Waals surface area contributed by atoms with Crippen molar-refractivity contribution >= 4 is 36.0 Å². The third-order valence-corrected chi connectivity index (χ3v) is 4.47. The molecule has 1 aromatic heterocycles. The molecule has 2 aromatic rings. The van der Waals surface area contributed by atoms with E-state index in [2.05, 4.69) is 15.1 Å². The summed E-state index contributed by atoms with van der Waals surface area (Å²) in [6.45, 7) is 1.57. The average Bonchev–Trinajstić information content (AvgIpc) is 3.01. The third kappa shape index (κ3) is 3.27. The maximum atomic E-state index is 13.2. The van der Waals surface area contributed by atoms with E-state index in [9.17, 15) is 4.39 Å². The van der Waals surface area contributed by atoms with E-state index >= 15 is 0 Å². The zero-order valence-electron chi connectivity index (χ0n) is 11.8. The number of rotatable bonds is 4. The second-order valence-corrected chi connectivity index (χ2v) is 6.04. The van der Waals surface area contributed by atoms with Crippen molar-refractivity contribution in [1.82, 2.24) is 10.2 Å². The van der Waals surface area contributed by atoms with E-state index in [-0.39, 0.29) is 11.9 Å². The van der Waals surface area contributed by atoms with Gasteiger partial charge in [0.1, 0.15) is 25.5 Å². The fourth-order valence-corrected chi connectivity index (χ4v) is 3.09. The van der Waals surface area contributed by atoms with Gasteiger partial charge in [0.15, 0.2) is 5.01 Å². The minimum atomic E-state index is -0.352. The molecule has 2 radical (unpaired) electrons. The van der Waals surface area contributed by atoms with Crippen molar-refractivity contribution in [1.29, 1.82) is 5.41 Å². The molecule has 2 heterocycles. The van der Waals surface area contributed by atoms with E-state index in [1.54, 1.807) is 0 Å². The molecule has 0 spiro atoms. The van der Waals surface area contributed by atoms with Gasteiger partial charge in [-0.3, -0.25) is 0 Å². The molecular weight excluding hydrogens is 302 g/mol. The monoisotopic (exact) mass is 316 g/mol. The number of hydrogen-bond donors (Lipinski definition) is 1. The highest BCUT2D eigenvalue weighted by atomic mass is 32.1. The van der Waals surface area contributed by atoms with Crippen LogP contribution in [0.3, 0.4) is 0 Å². The predicted octanol–water partition coefficient (Wildman–Crippen LogP) is 1.52. The van der Waals surface area contributed by atoms with E-state index in [0.29, 0.717) is 16.2 Å². The van der Waals surface area contributed by atoms with Gasteiger partial charge < -0.3 is 15.0 Å². The molecular formula is C14H14BFN4OS. The first kappa shape index (κ1) is 15.0. The Labute approximate surface area is 133 Å². The predicted molar refractivity (Wildman–Crippen MR) is 85.4 cm³/mol. The lowest BCUT2D eigenvalue weighted by Gasteiger charge is -2.32. The Balaban J connectivity index is 1.59. The van der Waals surface area contributed by atoms with Crippen molar-refractivity contribution in [2.24, 2.45) is 0 Å². The number of anilines is 1. The summed E-state index contributed by atoms with van der Waals surface area (Å²) in [6.07, 6.45) is 2.81. The Hall–Kier alpha value is -1.96. The van der Waals surface area contributed by atoms with Crippen molar-refractivity contribution in [2.75, 3.05) is 18.0 Å². The summed E-state index contributed by atoms with van der Waals surface area (Å²) >= 11 is 1.40. The van der Waals surface area contributed by atoms with Crippen LogP contribution >= 0.6 is 11.3 Å². The van der Waals surface area contributed by atoms with Gasteiger partial charge in [-0.25, -0.2) is 4.39 Å². The van der Waals surface area contributed by atoms with Gasteiger partial charge in [0.2, 0.25) is 5.13 Å². The van der Waals surface area contributed by atoms with Crippen LogP contribution in [-0.2, 0) is 0 Å². The van der Waals surface area contributed by atoms with E-state index < -0.39 is 0 Å². The Kier molecular flexibility index (Phi) is 4.38. The van der Waals surface area contributed by atoms with Crippen LogP contribution in [0.2, 0.25) is 0 Å². The van der Waals surface area contributed by atoms with Crippen LogP contribution in [0.5, 0.6) is 5.75 Å². The number of hydrogen-bond acceptors (Lipinski definition) is 6. The second-order valence-electron chi connectivity index (χ2n) is 5.05. The first-order valence-corrected chi connectivity index (χ1v) is 7.78. The lowest BCUT2D eigenvalue weighted by molar-refractivity contribution is 0.172. The molecule has 0 unspecified atom stereocenters. The molecule has 5 nitrogen and oxygen atoms in total. The molecule has 0 saturated carbocycles. The number of nitrogens with zero attached hydrogens (tertiary/aromatic N) is 3. The minimum absolute atomic E-state index is 0.00970. The molecule has 3 rings (SSSR count). The lowest BCUT2D eigenvalue weighted by Crippen LogP contribution is -2.38. The molecule has 8 heteroatoms. The molecule has 0 bridgehead atoms. The van der Waals surface area contributed by atoms with Gasteiger partial charge in [0.25, 0.3) is 0 Å². The second kappa shape index (κ2) is 6.43. The standard InChI is InChI=1S/C14H14BFN4OS/c15-11-2-1-9(16)7-12(11)21-10-3-5-20(6-4-10)14-19-18-13(8-17)22-14/h1-2,7-8,10,17H,3-6H2. The van der Waals surface area contributed by atoms with Gasteiger partial charge in [-0.1, -0.05) is 22.9 Å². The largest absolute Gasteiger partial charge is 0.491 e. The number of benzene rings is 1. The molecule has 0 atom stereocenters. The van der Waals surface area contributed by atoms with Crippen LogP contribution < -0.4 is 15.1 Å². The molecule has 1 aliphatic heterocycles. The molecule has 1 N–H and O–H groups in total. The van der Waals surface area contributed by atoms with E-state index in [1.807, 2.05) is 0 Å². The maximum Gasteiger partial charge on any atom is 0.208 e. The Morgan fingerprint density at radius 1 is 1.36 bits per heavy atom. The number of piperidine rings is 1. The summed E-state index contributed by atoms with van der Waals surface area (Å²) in [7, 11) is 5.80.